The summed E-state index contributed by atoms with van der Waals surface area (Å²) in [7, 11) is 0. The number of rotatable bonds is 5. The van der Waals surface area contributed by atoms with Crippen molar-refractivity contribution in [2.24, 2.45) is 0 Å². The van der Waals surface area contributed by atoms with Crippen molar-refractivity contribution in [3.05, 3.63) is 76.1 Å². The van der Waals surface area contributed by atoms with Gasteiger partial charge in [0, 0.05) is 16.9 Å². The molecule has 0 spiro atoms. The zero-order valence-electron chi connectivity index (χ0n) is 17.9. The molecule has 0 radical (unpaired) electrons. The number of carbonyl (C=O) groups is 1. The van der Waals surface area contributed by atoms with Gasteiger partial charge in [-0.15, -0.1) is 11.8 Å². The number of amides is 1. The topological polar surface area (TPSA) is 64.0 Å². The molecule has 0 saturated heterocycles. The minimum Gasteiger partial charge on any atom is -0.325 e. The number of aromatic nitrogens is 2. The Labute approximate surface area is 196 Å². The van der Waals surface area contributed by atoms with Gasteiger partial charge in [0.15, 0.2) is 5.16 Å². The molecule has 1 N–H and O–H groups in total. The van der Waals surface area contributed by atoms with Crippen molar-refractivity contribution in [2.75, 3.05) is 11.1 Å². The number of carbonyl (C=O) groups excluding carboxylic acids is 1. The normalized spacial score (nSPS) is 19.3. The van der Waals surface area contributed by atoms with E-state index in [4.69, 9.17) is 4.98 Å². The van der Waals surface area contributed by atoms with Crippen LogP contribution >= 0.6 is 23.5 Å². The number of benzene rings is 2. The van der Waals surface area contributed by atoms with E-state index in [0.29, 0.717) is 16.3 Å². The Kier molecular flexibility index (Phi) is 6.11. The minimum atomic E-state index is -0.118. The van der Waals surface area contributed by atoms with E-state index < -0.39 is 0 Å². The summed E-state index contributed by atoms with van der Waals surface area (Å²) in [6.07, 6.45) is 4.58. The molecule has 1 aromatic heterocycles. The van der Waals surface area contributed by atoms with Crippen LogP contribution in [-0.4, -0.2) is 26.5 Å². The zero-order valence-corrected chi connectivity index (χ0v) is 19.5. The van der Waals surface area contributed by atoms with Crippen molar-refractivity contribution in [2.45, 2.75) is 54.0 Å². The van der Waals surface area contributed by atoms with Crippen molar-refractivity contribution in [3.8, 4) is 5.69 Å². The molecule has 0 unspecified atom stereocenters. The molecule has 164 valence electrons. The second-order valence-corrected chi connectivity index (χ2v) is 10.5. The van der Waals surface area contributed by atoms with Crippen LogP contribution in [0.5, 0.6) is 0 Å². The number of para-hydroxylation sites is 1. The summed E-state index contributed by atoms with van der Waals surface area (Å²) in [6, 6.07) is 17.3. The van der Waals surface area contributed by atoms with Gasteiger partial charge in [0.25, 0.3) is 5.56 Å². The van der Waals surface area contributed by atoms with Crippen LogP contribution in [0.4, 0.5) is 5.69 Å². The van der Waals surface area contributed by atoms with Gasteiger partial charge in [0.05, 0.1) is 17.0 Å². The lowest BCUT2D eigenvalue weighted by Gasteiger charge is -2.24. The van der Waals surface area contributed by atoms with E-state index in [2.05, 4.69) is 5.32 Å². The van der Waals surface area contributed by atoms with Gasteiger partial charge in [-0.3, -0.25) is 14.2 Å². The molecular weight excluding hydrogens is 438 g/mol. The fourth-order valence-electron chi connectivity index (χ4n) is 4.55. The summed E-state index contributed by atoms with van der Waals surface area (Å²) in [5.74, 6) is 0.358. The number of nitrogens with one attached hydrogen (secondary N) is 1. The van der Waals surface area contributed by atoms with E-state index in [1.807, 2.05) is 61.5 Å². The van der Waals surface area contributed by atoms with Gasteiger partial charge in [0.2, 0.25) is 5.91 Å². The van der Waals surface area contributed by atoms with Crippen LogP contribution < -0.4 is 10.9 Å². The summed E-state index contributed by atoms with van der Waals surface area (Å²) in [5.41, 5.74) is 3.54. The molecule has 2 atom stereocenters. The Morgan fingerprint density at radius 2 is 1.97 bits per heavy atom. The fourth-order valence-corrected chi connectivity index (χ4v) is 6.93. The van der Waals surface area contributed by atoms with Gasteiger partial charge >= 0.3 is 0 Å². The third kappa shape index (κ3) is 4.24. The first-order chi connectivity index (χ1) is 15.6. The number of aryl methyl sites for hydroxylation is 1. The third-order valence-electron chi connectivity index (χ3n) is 6.04. The van der Waals surface area contributed by atoms with E-state index in [1.165, 1.54) is 24.6 Å². The van der Waals surface area contributed by atoms with Gasteiger partial charge in [-0.05, 0) is 49.6 Å². The summed E-state index contributed by atoms with van der Waals surface area (Å²) in [4.78, 5) is 31.3. The van der Waals surface area contributed by atoms with Gasteiger partial charge in [-0.25, -0.2) is 4.98 Å². The van der Waals surface area contributed by atoms with Crippen molar-refractivity contribution in [1.29, 1.82) is 0 Å². The van der Waals surface area contributed by atoms with Crippen LogP contribution in [0.15, 0.2) is 69.6 Å². The molecule has 2 aromatic carbocycles. The predicted molar refractivity (Wildman–Crippen MR) is 131 cm³/mol. The maximum atomic E-state index is 13.8. The molecule has 1 saturated carbocycles. The molecule has 3 aromatic rings. The molecule has 1 aliphatic heterocycles. The van der Waals surface area contributed by atoms with E-state index in [1.54, 1.807) is 16.3 Å². The Morgan fingerprint density at radius 3 is 2.78 bits per heavy atom. The van der Waals surface area contributed by atoms with Crippen LogP contribution in [0, 0.1) is 6.92 Å². The summed E-state index contributed by atoms with van der Waals surface area (Å²) < 4.78 is 1.71. The lowest BCUT2D eigenvalue weighted by atomic mass is 9.85. The molecule has 2 heterocycles. The molecule has 1 aliphatic carbocycles. The number of fused-ring (bicyclic) bond motifs is 3. The van der Waals surface area contributed by atoms with Crippen LogP contribution in [0.25, 0.3) is 5.69 Å². The molecule has 5 nitrogen and oxygen atoms in total. The van der Waals surface area contributed by atoms with Crippen LogP contribution in [0.3, 0.4) is 0 Å². The smallest absolute Gasteiger partial charge is 0.263 e. The number of hydrogen-bond acceptors (Lipinski definition) is 5. The molecule has 32 heavy (non-hydrogen) atoms. The average Bonchev–Trinajstić information content (AvgIpc) is 3.17. The Morgan fingerprint density at radius 1 is 1.16 bits per heavy atom. The van der Waals surface area contributed by atoms with E-state index in [0.717, 1.165) is 40.4 Å². The number of nitrogens with zero attached hydrogens (tertiary/aromatic N) is 2. The van der Waals surface area contributed by atoms with Crippen molar-refractivity contribution in [1.82, 2.24) is 9.55 Å². The molecule has 7 heteroatoms. The monoisotopic (exact) mass is 463 g/mol. The lowest BCUT2D eigenvalue weighted by molar-refractivity contribution is -0.113. The van der Waals surface area contributed by atoms with Crippen LogP contribution in [0.2, 0.25) is 0 Å². The third-order valence-corrected chi connectivity index (χ3v) is 8.38. The highest BCUT2D eigenvalue weighted by Gasteiger charge is 2.39. The van der Waals surface area contributed by atoms with Gasteiger partial charge in [-0.1, -0.05) is 54.9 Å². The first-order valence-electron chi connectivity index (χ1n) is 11.0. The van der Waals surface area contributed by atoms with E-state index in [-0.39, 0.29) is 17.2 Å². The molecular formula is C25H25N3O2S2. The molecule has 0 bridgehead atoms. The molecule has 2 aliphatic rings. The summed E-state index contributed by atoms with van der Waals surface area (Å²) in [6.45, 7) is 2.02. The first-order valence-corrected chi connectivity index (χ1v) is 12.8. The van der Waals surface area contributed by atoms with E-state index in [9.17, 15) is 9.59 Å². The average molecular weight is 464 g/mol. The highest BCUT2D eigenvalue weighted by atomic mass is 32.2. The Bertz CT molecular complexity index is 1210. The number of anilines is 1. The van der Waals surface area contributed by atoms with Gasteiger partial charge < -0.3 is 5.32 Å². The minimum absolute atomic E-state index is 0.0217. The van der Waals surface area contributed by atoms with Crippen molar-refractivity contribution >= 4 is 35.1 Å². The SMILES string of the molecule is Cc1cccc(-n2c(SCC(=O)Nc3ccccc3)nc3c(c2=O)[C@@H]2CCCC[C@H]2S3)c1. The quantitative estimate of drug-likeness (QED) is 0.312. The summed E-state index contributed by atoms with van der Waals surface area (Å²) in [5, 5.41) is 4.80. The largest absolute Gasteiger partial charge is 0.325 e. The maximum Gasteiger partial charge on any atom is 0.263 e. The van der Waals surface area contributed by atoms with Gasteiger partial charge in [0.1, 0.15) is 5.03 Å². The van der Waals surface area contributed by atoms with E-state index >= 15 is 0 Å². The first kappa shape index (κ1) is 21.3. The fraction of sp³-hybridized carbons (Fsp3) is 0.320. The highest BCUT2D eigenvalue weighted by molar-refractivity contribution is 8.00. The number of thioether (sulfide) groups is 2. The lowest BCUT2D eigenvalue weighted by Crippen LogP contribution is -2.29. The van der Waals surface area contributed by atoms with Gasteiger partial charge in [-0.2, -0.15) is 0 Å². The Hall–Kier alpha value is -2.51. The molecule has 1 fully saturated rings. The number of hydrogen-bond donors (Lipinski definition) is 1. The highest BCUT2D eigenvalue weighted by Crippen LogP contribution is 2.50. The predicted octanol–water partition coefficient (Wildman–Crippen LogP) is 5.40. The Balaban J connectivity index is 1.49. The molecule has 5 rings (SSSR count). The standard InChI is InChI=1S/C25H25N3O2S2/c1-16-8-7-11-18(14-16)28-24(30)22-19-12-5-6-13-20(19)32-23(22)27-25(28)31-15-21(29)26-17-9-3-2-4-10-17/h2-4,7-11,14,19-20H,5-6,12-13,15H2,1H3,(H,26,29)/t19-,20-/m1/s1. The van der Waals surface area contributed by atoms with Crippen LogP contribution in [0.1, 0.15) is 42.7 Å². The molecule has 1 amide bonds. The summed E-state index contributed by atoms with van der Waals surface area (Å²) >= 11 is 3.07. The maximum absolute atomic E-state index is 13.8. The zero-order chi connectivity index (χ0) is 22.1. The second kappa shape index (κ2) is 9.16. The van der Waals surface area contributed by atoms with Crippen LogP contribution in [-0.2, 0) is 4.79 Å². The second-order valence-electron chi connectivity index (χ2n) is 8.34. The van der Waals surface area contributed by atoms with Crippen molar-refractivity contribution < 1.29 is 4.79 Å². The van der Waals surface area contributed by atoms with Crippen molar-refractivity contribution in [3.63, 3.8) is 0 Å².